The minimum Gasteiger partial charge on any atom is -0.311 e. The lowest BCUT2D eigenvalue weighted by molar-refractivity contribution is 0.0987. The third-order valence-electron chi connectivity index (χ3n) is 3.64. The van der Waals surface area contributed by atoms with E-state index < -0.39 is 0 Å². The number of benzene rings is 2. The highest BCUT2D eigenvalue weighted by molar-refractivity contribution is 6.31. The quantitative estimate of drug-likeness (QED) is 0.875. The summed E-state index contributed by atoms with van der Waals surface area (Å²) in [6.45, 7) is 4.16. The van der Waals surface area contributed by atoms with Gasteiger partial charge >= 0.3 is 0 Å². The highest BCUT2D eigenvalue weighted by Crippen LogP contribution is 2.25. The Morgan fingerprint density at radius 2 is 2.05 bits per heavy atom. The Balaban J connectivity index is 2.01. The molecule has 0 fully saturated rings. The molecule has 0 saturated carbocycles. The summed E-state index contributed by atoms with van der Waals surface area (Å²) in [5, 5.41) is 3.94. The second kappa shape index (κ2) is 5.88. The molecular formula is C17H17ClN2O. The van der Waals surface area contributed by atoms with Gasteiger partial charge in [-0.15, -0.1) is 0 Å². The van der Waals surface area contributed by atoms with Crippen molar-refractivity contribution in [2.24, 2.45) is 0 Å². The molecule has 0 radical (unpaired) electrons. The number of fused-ring (bicyclic) bond motifs is 1. The van der Waals surface area contributed by atoms with Crippen LogP contribution in [0.1, 0.15) is 21.5 Å². The Morgan fingerprint density at radius 3 is 2.86 bits per heavy atom. The number of nitrogens with zero attached hydrogens (tertiary/aromatic N) is 1. The lowest BCUT2D eigenvalue weighted by Crippen LogP contribution is -2.34. The van der Waals surface area contributed by atoms with Gasteiger partial charge in [0.2, 0.25) is 0 Å². The molecule has 3 rings (SSSR count). The first-order chi connectivity index (χ1) is 10.1. The van der Waals surface area contributed by atoms with E-state index in [9.17, 15) is 4.79 Å². The molecule has 3 nitrogen and oxygen atoms in total. The van der Waals surface area contributed by atoms with Gasteiger partial charge in [-0.25, -0.2) is 0 Å². The average molecular weight is 301 g/mol. The maximum absolute atomic E-state index is 12.9. The number of hydrogen-bond donors (Lipinski definition) is 1. The van der Waals surface area contributed by atoms with E-state index in [2.05, 4.69) is 11.4 Å². The van der Waals surface area contributed by atoms with Crippen LogP contribution in [0.4, 0.5) is 5.69 Å². The van der Waals surface area contributed by atoms with Gasteiger partial charge in [-0.1, -0.05) is 29.8 Å². The second-order valence-corrected chi connectivity index (χ2v) is 5.72. The van der Waals surface area contributed by atoms with Crippen LogP contribution < -0.4 is 10.2 Å². The molecule has 1 heterocycles. The fourth-order valence-electron chi connectivity index (χ4n) is 2.68. The molecule has 0 unspecified atom stereocenters. The van der Waals surface area contributed by atoms with Gasteiger partial charge in [0, 0.05) is 35.9 Å². The van der Waals surface area contributed by atoms with Gasteiger partial charge in [0.15, 0.2) is 0 Å². The molecule has 0 aliphatic carbocycles. The van der Waals surface area contributed by atoms with E-state index in [0.717, 1.165) is 29.9 Å². The van der Waals surface area contributed by atoms with Crippen molar-refractivity contribution in [2.75, 3.05) is 18.0 Å². The van der Waals surface area contributed by atoms with Crippen molar-refractivity contribution in [3.05, 3.63) is 64.2 Å². The maximum atomic E-state index is 12.9. The van der Waals surface area contributed by atoms with Crippen LogP contribution in [0.3, 0.4) is 0 Å². The molecule has 0 spiro atoms. The van der Waals surface area contributed by atoms with Crippen molar-refractivity contribution < 1.29 is 4.79 Å². The molecule has 0 atom stereocenters. The lowest BCUT2D eigenvalue weighted by atomic mass is 10.1. The van der Waals surface area contributed by atoms with Crippen molar-refractivity contribution in [1.29, 1.82) is 0 Å². The zero-order valence-corrected chi connectivity index (χ0v) is 12.7. The molecule has 0 aromatic heterocycles. The smallest absolute Gasteiger partial charge is 0.258 e. The van der Waals surface area contributed by atoms with E-state index in [-0.39, 0.29) is 5.91 Å². The average Bonchev–Trinajstić information content (AvgIpc) is 2.68. The second-order valence-electron chi connectivity index (χ2n) is 5.28. The first-order valence-corrected chi connectivity index (χ1v) is 7.40. The van der Waals surface area contributed by atoms with E-state index in [1.807, 2.05) is 42.2 Å². The number of aryl methyl sites for hydroxylation is 1. The number of halogens is 1. The molecular weight excluding hydrogens is 284 g/mol. The van der Waals surface area contributed by atoms with E-state index in [1.54, 1.807) is 6.07 Å². The van der Waals surface area contributed by atoms with Gasteiger partial charge in [0.05, 0.1) is 0 Å². The fourth-order valence-corrected chi connectivity index (χ4v) is 2.97. The van der Waals surface area contributed by atoms with Gasteiger partial charge in [-0.3, -0.25) is 4.79 Å². The summed E-state index contributed by atoms with van der Waals surface area (Å²) in [5.41, 5.74) is 3.75. The normalized spacial score (nSPS) is 14.5. The largest absolute Gasteiger partial charge is 0.311 e. The summed E-state index contributed by atoms with van der Waals surface area (Å²) >= 11 is 6.08. The Labute approximate surface area is 129 Å². The third-order valence-corrected chi connectivity index (χ3v) is 3.86. The van der Waals surface area contributed by atoms with Crippen molar-refractivity contribution in [1.82, 2.24) is 5.32 Å². The number of carbonyl (C=O) groups is 1. The van der Waals surface area contributed by atoms with Gasteiger partial charge in [0.25, 0.3) is 5.91 Å². The number of rotatable bonds is 1. The van der Waals surface area contributed by atoms with Gasteiger partial charge in [0.1, 0.15) is 0 Å². The zero-order chi connectivity index (χ0) is 14.8. The summed E-state index contributed by atoms with van der Waals surface area (Å²) in [5.74, 6) is -0.00301. The molecule has 4 heteroatoms. The molecule has 2 aromatic rings. The fraction of sp³-hybridized carbons (Fsp3) is 0.235. The Bertz CT molecular complexity index is 664. The maximum Gasteiger partial charge on any atom is 0.258 e. The van der Waals surface area contributed by atoms with E-state index in [0.29, 0.717) is 17.1 Å². The SMILES string of the molecule is Cc1cc(Cl)cc(C(=O)N2CCNCc3ccccc32)c1. The molecule has 108 valence electrons. The van der Waals surface area contributed by atoms with E-state index in [4.69, 9.17) is 11.6 Å². The zero-order valence-electron chi connectivity index (χ0n) is 11.9. The molecule has 2 aromatic carbocycles. The molecule has 1 N–H and O–H groups in total. The first kappa shape index (κ1) is 14.1. The standard InChI is InChI=1S/C17H17ClN2O/c1-12-8-14(10-15(18)9-12)17(21)20-7-6-19-11-13-4-2-3-5-16(13)20/h2-5,8-10,19H,6-7,11H2,1H3. The van der Waals surface area contributed by atoms with Crippen molar-refractivity contribution in [2.45, 2.75) is 13.5 Å². The van der Waals surface area contributed by atoms with E-state index >= 15 is 0 Å². The van der Waals surface area contributed by atoms with Gasteiger partial charge in [-0.2, -0.15) is 0 Å². The highest BCUT2D eigenvalue weighted by atomic mass is 35.5. The van der Waals surface area contributed by atoms with Crippen LogP contribution in [-0.4, -0.2) is 19.0 Å². The predicted molar refractivity (Wildman–Crippen MR) is 86.0 cm³/mol. The number of anilines is 1. The summed E-state index contributed by atoms with van der Waals surface area (Å²) in [6.07, 6.45) is 0. The summed E-state index contributed by atoms with van der Waals surface area (Å²) in [6, 6.07) is 13.5. The Morgan fingerprint density at radius 1 is 1.24 bits per heavy atom. The van der Waals surface area contributed by atoms with Crippen LogP contribution in [0.2, 0.25) is 5.02 Å². The number of amides is 1. The predicted octanol–water partition coefficient (Wildman–Crippen LogP) is 3.40. The van der Waals surface area contributed by atoms with E-state index in [1.165, 1.54) is 0 Å². The molecule has 1 amide bonds. The molecule has 1 aliphatic heterocycles. The minimum atomic E-state index is -0.00301. The molecule has 0 saturated heterocycles. The lowest BCUT2D eigenvalue weighted by Gasteiger charge is -2.23. The number of nitrogens with one attached hydrogen (secondary N) is 1. The monoisotopic (exact) mass is 300 g/mol. The summed E-state index contributed by atoms with van der Waals surface area (Å²) in [7, 11) is 0. The number of hydrogen-bond acceptors (Lipinski definition) is 2. The Hall–Kier alpha value is -1.84. The molecule has 21 heavy (non-hydrogen) atoms. The number of para-hydroxylation sites is 1. The van der Waals surface area contributed by atoms with Gasteiger partial charge in [-0.05, 0) is 42.3 Å². The van der Waals surface area contributed by atoms with Crippen LogP contribution in [0, 0.1) is 6.92 Å². The van der Waals surface area contributed by atoms with Crippen LogP contribution in [0.15, 0.2) is 42.5 Å². The Kier molecular flexibility index (Phi) is 3.95. The van der Waals surface area contributed by atoms with Crippen molar-refractivity contribution in [3.8, 4) is 0 Å². The molecule has 0 bridgehead atoms. The summed E-state index contributed by atoms with van der Waals surface area (Å²) in [4.78, 5) is 14.7. The van der Waals surface area contributed by atoms with Gasteiger partial charge < -0.3 is 10.2 Å². The number of carbonyl (C=O) groups excluding carboxylic acids is 1. The van der Waals surface area contributed by atoms with Crippen LogP contribution in [0.25, 0.3) is 0 Å². The van der Waals surface area contributed by atoms with Crippen LogP contribution in [0.5, 0.6) is 0 Å². The third kappa shape index (κ3) is 2.94. The van der Waals surface area contributed by atoms with Crippen LogP contribution >= 0.6 is 11.6 Å². The first-order valence-electron chi connectivity index (χ1n) is 7.03. The highest BCUT2D eigenvalue weighted by Gasteiger charge is 2.22. The summed E-state index contributed by atoms with van der Waals surface area (Å²) < 4.78 is 0. The van der Waals surface area contributed by atoms with Crippen molar-refractivity contribution >= 4 is 23.2 Å². The van der Waals surface area contributed by atoms with Crippen molar-refractivity contribution in [3.63, 3.8) is 0 Å². The molecule has 1 aliphatic rings. The van der Waals surface area contributed by atoms with Crippen LogP contribution in [-0.2, 0) is 6.54 Å². The minimum absolute atomic E-state index is 0.00301. The topological polar surface area (TPSA) is 32.3 Å².